The predicted molar refractivity (Wildman–Crippen MR) is 94.8 cm³/mol. The largest absolute Gasteiger partial charge is 0.305 e. The zero-order chi connectivity index (χ0) is 16.0. The van der Waals surface area contributed by atoms with Gasteiger partial charge in [-0.15, -0.1) is 0 Å². The van der Waals surface area contributed by atoms with Crippen molar-refractivity contribution in [2.24, 2.45) is 11.8 Å². The van der Waals surface area contributed by atoms with Crippen molar-refractivity contribution in [1.29, 1.82) is 0 Å². The zero-order valence-corrected chi connectivity index (χ0v) is 14.0. The minimum Gasteiger partial charge on any atom is -0.305 e. The molecule has 2 bridgehead atoms. The van der Waals surface area contributed by atoms with Gasteiger partial charge in [-0.25, -0.2) is 4.39 Å². The Morgan fingerprint density at radius 3 is 2.65 bits per heavy atom. The Hall–Kier alpha value is -1.67. The molecule has 2 atom stereocenters. The first-order chi connectivity index (χ1) is 11.1. The number of likely N-dealkylation sites (N-methyl/N-ethyl adjacent to an activating group) is 1. The highest BCUT2D eigenvalue weighted by Gasteiger charge is 2.35. The molecular formula is C21H24FN. The predicted octanol–water partition coefficient (Wildman–Crippen LogP) is 5.11. The van der Waals surface area contributed by atoms with Crippen LogP contribution in [0.2, 0.25) is 0 Å². The number of allylic oxidation sites excluding steroid dienone is 1. The van der Waals surface area contributed by atoms with Gasteiger partial charge in [0.05, 0.1) is 0 Å². The van der Waals surface area contributed by atoms with Crippen molar-refractivity contribution in [2.45, 2.75) is 25.7 Å². The van der Waals surface area contributed by atoms with Gasteiger partial charge in [-0.1, -0.05) is 23.8 Å². The summed E-state index contributed by atoms with van der Waals surface area (Å²) in [5.74, 6) is 1.46. The summed E-state index contributed by atoms with van der Waals surface area (Å²) in [6.07, 6.45) is 5.32. The van der Waals surface area contributed by atoms with Crippen molar-refractivity contribution in [1.82, 2.24) is 4.90 Å². The summed E-state index contributed by atoms with van der Waals surface area (Å²) in [5, 5.41) is 2.13. The molecule has 2 aliphatic rings. The second kappa shape index (κ2) is 5.76. The first-order valence-electron chi connectivity index (χ1n) is 8.66. The van der Waals surface area contributed by atoms with Crippen LogP contribution in [0.15, 0.2) is 42.0 Å². The fraction of sp³-hybridized carbons (Fsp3) is 0.429. The first kappa shape index (κ1) is 14.9. The Balaban J connectivity index is 1.82. The monoisotopic (exact) mass is 309 g/mol. The molecule has 2 heteroatoms. The lowest BCUT2D eigenvalue weighted by Gasteiger charge is -2.29. The highest BCUT2D eigenvalue weighted by molar-refractivity contribution is 5.87. The molecule has 23 heavy (non-hydrogen) atoms. The highest BCUT2D eigenvalue weighted by atomic mass is 19.1. The van der Waals surface area contributed by atoms with E-state index in [4.69, 9.17) is 0 Å². The lowest BCUT2D eigenvalue weighted by molar-refractivity contribution is 0.413. The molecule has 0 saturated heterocycles. The van der Waals surface area contributed by atoms with Crippen molar-refractivity contribution in [3.8, 4) is 0 Å². The summed E-state index contributed by atoms with van der Waals surface area (Å²) < 4.78 is 13.4. The molecule has 120 valence electrons. The molecule has 0 unspecified atom stereocenters. The van der Waals surface area contributed by atoms with Gasteiger partial charge in [-0.3, -0.25) is 0 Å². The summed E-state index contributed by atoms with van der Waals surface area (Å²) in [6.45, 7) is 1.06. The van der Waals surface area contributed by atoms with Gasteiger partial charge in [0.15, 0.2) is 0 Å². The fourth-order valence-electron chi connectivity index (χ4n) is 4.63. The van der Waals surface area contributed by atoms with E-state index in [0.29, 0.717) is 0 Å². The summed E-state index contributed by atoms with van der Waals surface area (Å²) in [6, 6.07) is 11.6. The van der Waals surface area contributed by atoms with E-state index in [1.165, 1.54) is 31.2 Å². The van der Waals surface area contributed by atoms with Crippen LogP contribution in [0, 0.1) is 17.7 Å². The van der Waals surface area contributed by atoms with E-state index in [1.807, 2.05) is 6.07 Å². The van der Waals surface area contributed by atoms with Gasteiger partial charge in [-0.2, -0.15) is 0 Å². The number of hydrogen-bond acceptors (Lipinski definition) is 1. The Labute approximate surface area is 137 Å². The van der Waals surface area contributed by atoms with E-state index in [-0.39, 0.29) is 5.82 Å². The molecule has 0 radical (unpaired) electrons. The number of hydrogen-bond donors (Lipinski definition) is 0. The number of halogens is 1. The maximum absolute atomic E-state index is 13.4. The molecule has 1 saturated carbocycles. The normalized spacial score (nSPS) is 24.0. The van der Waals surface area contributed by atoms with E-state index in [0.717, 1.165) is 29.2 Å². The van der Waals surface area contributed by atoms with E-state index >= 15 is 0 Å². The van der Waals surface area contributed by atoms with Crippen LogP contribution in [0.4, 0.5) is 4.39 Å². The van der Waals surface area contributed by atoms with Gasteiger partial charge in [-0.05, 0) is 91.7 Å². The Kier molecular flexibility index (Phi) is 3.73. The third-order valence-electron chi connectivity index (χ3n) is 5.49. The van der Waals surface area contributed by atoms with E-state index < -0.39 is 0 Å². The minimum absolute atomic E-state index is 0.158. The zero-order valence-electron chi connectivity index (χ0n) is 14.0. The number of fused-ring (bicyclic) bond motifs is 3. The molecule has 4 rings (SSSR count). The van der Waals surface area contributed by atoms with E-state index in [2.05, 4.69) is 37.2 Å². The lowest BCUT2D eigenvalue weighted by Crippen LogP contribution is -2.21. The van der Waals surface area contributed by atoms with Gasteiger partial charge in [0.25, 0.3) is 0 Å². The highest BCUT2D eigenvalue weighted by Crippen LogP contribution is 2.49. The number of benzene rings is 2. The van der Waals surface area contributed by atoms with Crippen LogP contribution >= 0.6 is 0 Å². The summed E-state index contributed by atoms with van der Waals surface area (Å²) in [4.78, 5) is 2.29. The van der Waals surface area contributed by atoms with Crippen molar-refractivity contribution >= 4 is 16.3 Å². The Bertz CT molecular complexity index is 775. The number of rotatable bonds is 3. The van der Waals surface area contributed by atoms with Crippen molar-refractivity contribution in [3.05, 3.63) is 53.4 Å². The second-order valence-corrected chi connectivity index (χ2v) is 7.54. The van der Waals surface area contributed by atoms with E-state index in [1.54, 1.807) is 23.3 Å². The van der Waals surface area contributed by atoms with Gasteiger partial charge in [0.2, 0.25) is 0 Å². The Morgan fingerprint density at radius 1 is 1.04 bits per heavy atom. The van der Waals surface area contributed by atoms with Gasteiger partial charge >= 0.3 is 0 Å². The maximum Gasteiger partial charge on any atom is 0.123 e. The van der Waals surface area contributed by atoms with Gasteiger partial charge < -0.3 is 4.90 Å². The average molecular weight is 309 g/mol. The average Bonchev–Trinajstić information content (AvgIpc) is 2.88. The molecule has 1 nitrogen and oxygen atoms in total. The molecule has 0 N–H and O–H groups in total. The van der Waals surface area contributed by atoms with Crippen molar-refractivity contribution in [2.75, 3.05) is 20.6 Å². The lowest BCUT2D eigenvalue weighted by atomic mass is 9.79. The van der Waals surface area contributed by atoms with Crippen LogP contribution in [0.5, 0.6) is 0 Å². The quantitative estimate of drug-likeness (QED) is 0.761. The first-order valence-corrected chi connectivity index (χ1v) is 8.66. The molecule has 2 aromatic carbocycles. The molecule has 0 heterocycles. The fourth-order valence-corrected chi connectivity index (χ4v) is 4.63. The molecular weight excluding hydrogens is 285 g/mol. The molecule has 0 spiro atoms. The van der Waals surface area contributed by atoms with Crippen molar-refractivity contribution in [3.63, 3.8) is 0 Å². The standard InChI is InChI=1S/C21H24FN/c1-23(2)13-19-10-14-3-4-17(9-14)21(19)18-6-5-16-12-20(22)8-7-15(16)11-18/h5-8,11-12,14,17H,3-4,9-10,13H2,1-2H3/t14-,17+/m1/s1. The van der Waals surface area contributed by atoms with E-state index in [9.17, 15) is 4.39 Å². The Morgan fingerprint density at radius 2 is 1.83 bits per heavy atom. The molecule has 2 aromatic rings. The van der Waals surface area contributed by atoms with Gasteiger partial charge in [0, 0.05) is 6.54 Å². The molecule has 2 aliphatic carbocycles. The molecule has 1 fully saturated rings. The third-order valence-corrected chi connectivity index (χ3v) is 5.49. The van der Waals surface area contributed by atoms with Crippen LogP contribution in [0.25, 0.3) is 16.3 Å². The van der Waals surface area contributed by atoms with Crippen LogP contribution < -0.4 is 0 Å². The van der Waals surface area contributed by atoms with Crippen LogP contribution in [-0.2, 0) is 0 Å². The summed E-state index contributed by atoms with van der Waals surface area (Å²) in [7, 11) is 4.31. The topological polar surface area (TPSA) is 3.24 Å². The summed E-state index contributed by atoms with van der Waals surface area (Å²) in [5.41, 5.74) is 4.56. The SMILES string of the molecule is CN(C)CC1=C(c2ccc3cc(F)ccc3c2)[C@H]2CC[C@@H](C1)C2. The molecule has 0 aromatic heterocycles. The molecule has 0 aliphatic heterocycles. The second-order valence-electron chi connectivity index (χ2n) is 7.54. The number of nitrogens with zero attached hydrogens (tertiary/aromatic N) is 1. The van der Waals surface area contributed by atoms with Gasteiger partial charge in [0.1, 0.15) is 5.82 Å². The van der Waals surface area contributed by atoms with Crippen molar-refractivity contribution < 1.29 is 4.39 Å². The summed E-state index contributed by atoms with van der Waals surface area (Å²) >= 11 is 0. The van der Waals surface area contributed by atoms with Crippen LogP contribution in [0.1, 0.15) is 31.2 Å². The smallest absolute Gasteiger partial charge is 0.123 e. The van der Waals surface area contributed by atoms with Crippen LogP contribution in [-0.4, -0.2) is 25.5 Å². The van der Waals surface area contributed by atoms with Crippen LogP contribution in [0.3, 0.4) is 0 Å². The molecule has 0 amide bonds. The third kappa shape index (κ3) is 2.81. The minimum atomic E-state index is -0.158. The maximum atomic E-state index is 13.4.